The first-order valence-electron chi connectivity index (χ1n) is 6.49. The van der Waals surface area contributed by atoms with Gasteiger partial charge in [-0.3, -0.25) is 4.79 Å². The predicted molar refractivity (Wildman–Crippen MR) is 68.8 cm³/mol. The summed E-state index contributed by atoms with van der Waals surface area (Å²) in [6.07, 6.45) is 3.58. The summed E-state index contributed by atoms with van der Waals surface area (Å²) in [6.45, 7) is 1.58. The van der Waals surface area contributed by atoms with E-state index in [0.717, 1.165) is 13.0 Å². The van der Waals surface area contributed by atoms with E-state index < -0.39 is 0 Å². The van der Waals surface area contributed by atoms with Crippen LogP contribution in [0, 0.1) is 5.82 Å². The van der Waals surface area contributed by atoms with Crippen molar-refractivity contribution in [1.82, 2.24) is 10.6 Å². The van der Waals surface area contributed by atoms with Crippen molar-refractivity contribution < 1.29 is 9.18 Å². The standard InChI is InChI=1S/C14H19FN2O/c15-13-5-2-1-4-11(13)10-14(18)17-9-3-8-16-12-6-7-12/h1-2,4-5,12,16H,3,6-10H2,(H,17,18). The molecule has 0 heterocycles. The Kier molecular flexibility index (Phi) is 4.70. The molecule has 3 nitrogen and oxygen atoms in total. The first-order chi connectivity index (χ1) is 8.75. The van der Waals surface area contributed by atoms with Gasteiger partial charge < -0.3 is 10.6 Å². The third kappa shape index (κ3) is 4.45. The average Bonchev–Trinajstić information content (AvgIpc) is 3.16. The van der Waals surface area contributed by atoms with Gasteiger partial charge >= 0.3 is 0 Å². The van der Waals surface area contributed by atoms with E-state index in [4.69, 9.17) is 0 Å². The molecule has 1 aromatic rings. The number of benzene rings is 1. The molecule has 0 saturated heterocycles. The zero-order chi connectivity index (χ0) is 12.8. The number of carbonyl (C=O) groups is 1. The molecule has 1 aliphatic carbocycles. The van der Waals surface area contributed by atoms with Gasteiger partial charge in [0.1, 0.15) is 5.82 Å². The van der Waals surface area contributed by atoms with Crippen LogP contribution >= 0.6 is 0 Å². The molecule has 18 heavy (non-hydrogen) atoms. The van der Waals surface area contributed by atoms with Crippen LogP contribution in [0.5, 0.6) is 0 Å². The van der Waals surface area contributed by atoms with Crippen molar-refractivity contribution >= 4 is 5.91 Å². The molecule has 1 fully saturated rings. The maximum absolute atomic E-state index is 13.3. The van der Waals surface area contributed by atoms with Crippen LogP contribution in [0.25, 0.3) is 0 Å². The summed E-state index contributed by atoms with van der Waals surface area (Å²) in [4.78, 5) is 11.6. The lowest BCUT2D eigenvalue weighted by atomic mass is 10.1. The Balaban J connectivity index is 1.60. The Morgan fingerprint density at radius 2 is 2.06 bits per heavy atom. The Labute approximate surface area is 107 Å². The number of rotatable bonds is 7. The van der Waals surface area contributed by atoms with Crippen molar-refractivity contribution in [2.75, 3.05) is 13.1 Å². The molecule has 0 aromatic heterocycles. The number of nitrogens with one attached hydrogen (secondary N) is 2. The molecular formula is C14H19FN2O. The van der Waals surface area contributed by atoms with E-state index in [2.05, 4.69) is 10.6 Å². The van der Waals surface area contributed by atoms with E-state index in [-0.39, 0.29) is 18.1 Å². The zero-order valence-electron chi connectivity index (χ0n) is 10.4. The molecule has 0 bridgehead atoms. The second kappa shape index (κ2) is 6.50. The summed E-state index contributed by atoms with van der Waals surface area (Å²) in [5, 5.41) is 6.18. The highest BCUT2D eigenvalue weighted by molar-refractivity contribution is 5.78. The van der Waals surface area contributed by atoms with Crippen molar-refractivity contribution in [2.24, 2.45) is 0 Å². The number of amides is 1. The number of hydrogen-bond donors (Lipinski definition) is 2. The fraction of sp³-hybridized carbons (Fsp3) is 0.500. The van der Waals surface area contributed by atoms with Gasteiger partial charge in [0.25, 0.3) is 0 Å². The molecule has 0 aliphatic heterocycles. The Morgan fingerprint density at radius 1 is 1.28 bits per heavy atom. The van der Waals surface area contributed by atoms with Crippen LogP contribution in [-0.2, 0) is 11.2 Å². The summed E-state index contributed by atoms with van der Waals surface area (Å²) < 4.78 is 13.3. The Hall–Kier alpha value is -1.42. The fourth-order valence-corrected chi connectivity index (χ4v) is 1.79. The van der Waals surface area contributed by atoms with Crippen LogP contribution in [0.3, 0.4) is 0 Å². The van der Waals surface area contributed by atoms with Gasteiger partial charge in [0.05, 0.1) is 6.42 Å². The maximum atomic E-state index is 13.3. The van der Waals surface area contributed by atoms with Crippen LogP contribution in [-0.4, -0.2) is 25.0 Å². The molecular weight excluding hydrogens is 231 g/mol. The molecule has 2 rings (SSSR count). The van der Waals surface area contributed by atoms with Gasteiger partial charge in [-0.15, -0.1) is 0 Å². The molecule has 1 aliphatic rings. The quantitative estimate of drug-likeness (QED) is 0.722. The van der Waals surface area contributed by atoms with E-state index in [1.807, 2.05) is 0 Å². The van der Waals surface area contributed by atoms with Gasteiger partial charge in [0.15, 0.2) is 0 Å². The highest BCUT2D eigenvalue weighted by atomic mass is 19.1. The fourth-order valence-electron chi connectivity index (χ4n) is 1.79. The van der Waals surface area contributed by atoms with Gasteiger partial charge in [0.2, 0.25) is 5.91 Å². The minimum Gasteiger partial charge on any atom is -0.356 e. The zero-order valence-corrected chi connectivity index (χ0v) is 10.4. The van der Waals surface area contributed by atoms with Crippen LogP contribution in [0.15, 0.2) is 24.3 Å². The molecule has 1 amide bonds. The summed E-state index contributed by atoms with van der Waals surface area (Å²) >= 11 is 0. The first kappa shape index (κ1) is 13.0. The summed E-state index contributed by atoms with van der Waals surface area (Å²) in [5.74, 6) is -0.436. The third-order valence-corrected chi connectivity index (χ3v) is 2.99. The average molecular weight is 250 g/mol. The number of hydrogen-bond acceptors (Lipinski definition) is 2. The maximum Gasteiger partial charge on any atom is 0.224 e. The van der Waals surface area contributed by atoms with Crippen LogP contribution < -0.4 is 10.6 Å². The van der Waals surface area contributed by atoms with E-state index in [1.165, 1.54) is 18.9 Å². The third-order valence-electron chi connectivity index (χ3n) is 2.99. The van der Waals surface area contributed by atoms with E-state index in [1.54, 1.807) is 18.2 Å². The van der Waals surface area contributed by atoms with E-state index >= 15 is 0 Å². The topological polar surface area (TPSA) is 41.1 Å². The normalized spacial score (nSPS) is 14.5. The van der Waals surface area contributed by atoms with Crippen molar-refractivity contribution in [1.29, 1.82) is 0 Å². The molecule has 1 saturated carbocycles. The molecule has 4 heteroatoms. The lowest BCUT2D eigenvalue weighted by molar-refractivity contribution is -0.120. The van der Waals surface area contributed by atoms with Crippen molar-refractivity contribution in [3.63, 3.8) is 0 Å². The minimum atomic E-state index is -0.317. The molecule has 0 radical (unpaired) electrons. The molecule has 1 aromatic carbocycles. The molecule has 0 unspecified atom stereocenters. The lowest BCUT2D eigenvalue weighted by Gasteiger charge is -2.06. The highest BCUT2D eigenvalue weighted by Gasteiger charge is 2.19. The lowest BCUT2D eigenvalue weighted by Crippen LogP contribution is -2.29. The van der Waals surface area contributed by atoms with Crippen molar-refractivity contribution in [3.8, 4) is 0 Å². The highest BCUT2D eigenvalue weighted by Crippen LogP contribution is 2.18. The van der Waals surface area contributed by atoms with Crippen LogP contribution in [0.4, 0.5) is 4.39 Å². The number of halogens is 1. The smallest absolute Gasteiger partial charge is 0.224 e. The van der Waals surface area contributed by atoms with Gasteiger partial charge in [-0.05, 0) is 37.4 Å². The monoisotopic (exact) mass is 250 g/mol. The second-order valence-electron chi connectivity index (χ2n) is 4.70. The van der Waals surface area contributed by atoms with Crippen LogP contribution in [0.2, 0.25) is 0 Å². The van der Waals surface area contributed by atoms with Gasteiger partial charge in [0, 0.05) is 12.6 Å². The Morgan fingerprint density at radius 3 is 2.78 bits per heavy atom. The summed E-state index contributed by atoms with van der Waals surface area (Å²) in [6, 6.07) is 7.09. The molecule has 0 spiro atoms. The summed E-state index contributed by atoms with van der Waals surface area (Å²) in [5.41, 5.74) is 0.450. The summed E-state index contributed by atoms with van der Waals surface area (Å²) in [7, 11) is 0. The SMILES string of the molecule is O=C(Cc1ccccc1F)NCCCNC1CC1. The number of carbonyl (C=O) groups excluding carboxylic acids is 1. The largest absolute Gasteiger partial charge is 0.356 e. The van der Waals surface area contributed by atoms with Crippen LogP contribution in [0.1, 0.15) is 24.8 Å². The van der Waals surface area contributed by atoms with Crippen molar-refractivity contribution in [2.45, 2.75) is 31.7 Å². The Bertz CT molecular complexity index is 405. The second-order valence-corrected chi connectivity index (χ2v) is 4.70. The van der Waals surface area contributed by atoms with E-state index in [9.17, 15) is 9.18 Å². The molecule has 98 valence electrons. The van der Waals surface area contributed by atoms with Gasteiger partial charge in [-0.25, -0.2) is 4.39 Å². The van der Waals surface area contributed by atoms with E-state index in [0.29, 0.717) is 18.2 Å². The van der Waals surface area contributed by atoms with Gasteiger partial charge in [-0.2, -0.15) is 0 Å². The van der Waals surface area contributed by atoms with Crippen molar-refractivity contribution in [3.05, 3.63) is 35.6 Å². The predicted octanol–water partition coefficient (Wildman–Crippen LogP) is 1.63. The minimum absolute atomic E-state index is 0.114. The van der Waals surface area contributed by atoms with Gasteiger partial charge in [-0.1, -0.05) is 18.2 Å². The first-order valence-corrected chi connectivity index (χ1v) is 6.49. The molecule has 2 N–H and O–H groups in total. The molecule has 0 atom stereocenters.